The summed E-state index contributed by atoms with van der Waals surface area (Å²) in [7, 11) is 1.34. The molecule has 0 spiro atoms. The quantitative estimate of drug-likeness (QED) is 0.737. The van der Waals surface area contributed by atoms with Gasteiger partial charge in [-0.25, -0.2) is 12.8 Å². The minimum Gasteiger partial charge on any atom is -0.487 e. The van der Waals surface area contributed by atoms with Gasteiger partial charge >= 0.3 is 0 Å². The first-order valence-electron chi connectivity index (χ1n) is 5.58. The van der Waals surface area contributed by atoms with Crippen LogP contribution in [0.2, 0.25) is 10.0 Å². The normalized spacial score (nSPS) is 11.4. The smallest absolute Gasteiger partial charge is 0.261 e. The molecule has 0 bridgehead atoms. The standard InChI is InChI=1S/C13H8Cl3FO3S/c14-9-2-1-8(12(17)5-9)7-20-13-4-3-10(6-11(13)15)21(16,18)19/h1-6H,7H2. The lowest BCUT2D eigenvalue weighted by molar-refractivity contribution is 0.300. The molecule has 0 saturated heterocycles. The fourth-order valence-corrected chi connectivity index (χ4v) is 2.78. The van der Waals surface area contributed by atoms with Crippen LogP contribution < -0.4 is 4.74 Å². The van der Waals surface area contributed by atoms with Crippen LogP contribution in [0.3, 0.4) is 0 Å². The molecule has 0 fully saturated rings. The van der Waals surface area contributed by atoms with E-state index in [2.05, 4.69) is 0 Å². The van der Waals surface area contributed by atoms with Crippen molar-refractivity contribution in [2.75, 3.05) is 0 Å². The third kappa shape index (κ3) is 4.23. The number of rotatable bonds is 4. The van der Waals surface area contributed by atoms with E-state index in [0.29, 0.717) is 5.56 Å². The van der Waals surface area contributed by atoms with Crippen molar-refractivity contribution >= 4 is 42.9 Å². The van der Waals surface area contributed by atoms with Gasteiger partial charge in [0, 0.05) is 21.3 Å². The van der Waals surface area contributed by atoms with Crippen LogP contribution in [0.15, 0.2) is 41.3 Å². The highest BCUT2D eigenvalue weighted by Crippen LogP contribution is 2.29. The molecule has 2 rings (SSSR count). The monoisotopic (exact) mass is 368 g/mol. The summed E-state index contributed by atoms with van der Waals surface area (Å²) in [6, 6.07) is 7.97. The van der Waals surface area contributed by atoms with E-state index in [-0.39, 0.29) is 27.3 Å². The average molecular weight is 370 g/mol. The molecule has 0 aromatic heterocycles. The van der Waals surface area contributed by atoms with Crippen LogP contribution in [-0.2, 0) is 15.7 Å². The van der Waals surface area contributed by atoms with E-state index >= 15 is 0 Å². The SMILES string of the molecule is O=S(=O)(Cl)c1ccc(OCc2ccc(Cl)cc2F)c(Cl)c1. The third-order valence-electron chi connectivity index (χ3n) is 2.58. The Labute approximate surface area is 135 Å². The molecule has 0 radical (unpaired) electrons. The number of ether oxygens (including phenoxy) is 1. The van der Waals surface area contributed by atoms with Crippen molar-refractivity contribution in [1.82, 2.24) is 0 Å². The second kappa shape index (κ2) is 6.40. The average Bonchev–Trinajstić information content (AvgIpc) is 2.38. The zero-order chi connectivity index (χ0) is 15.6. The van der Waals surface area contributed by atoms with E-state index < -0.39 is 14.9 Å². The molecular formula is C13H8Cl3FO3S. The van der Waals surface area contributed by atoms with Crippen LogP contribution in [0.1, 0.15) is 5.56 Å². The maximum Gasteiger partial charge on any atom is 0.261 e. The Morgan fingerprint density at radius 1 is 1.10 bits per heavy atom. The zero-order valence-electron chi connectivity index (χ0n) is 10.3. The summed E-state index contributed by atoms with van der Waals surface area (Å²) in [5, 5.41) is 0.344. The van der Waals surface area contributed by atoms with Gasteiger partial charge in [-0.1, -0.05) is 29.3 Å². The second-order valence-electron chi connectivity index (χ2n) is 4.05. The van der Waals surface area contributed by atoms with Crippen LogP contribution in [0.25, 0.3) is 0 Å². The molecule has 3 nitrogen and oxygen atoms in total. The van der Waals surface area contributed by atoms with E-state index in [0.717, 1.165) is 6.07 Å². The van der Waals surface area contributed by atoms with E-state index in [1.54, 1.807) is 0 Å². The Morgan fingerprint density at radius 3 is 2.38 bits per heavy atom. The van der Waals surface area contributed by atoms with Crippen molar-refractivity contribution in [2.24, 2.45) is 0 Å². The van der Waals surface area contributed by atoms with Crippen LogP contribution in [0, 0.1) is 5.82 Å². The van der Waals surface area contributed by atoms with Gasteiger partial charge in [0.15, 0.2) is 0 Å². The highest BCUT2D eigenvalue weighted by Gasteiger charge is 2.13. The maximum atomic E-state index is 13.6. The van der Waals surface area contributed by atoms with E-state index in [1.807, 2.05) is 0 Å². The molecule has 2 aromatic rings. The lowest BCUT2D eigenvalue weighted by atomic mass is 10.2. The van der Waals surface area contributed by atoms with Gasteiger partial charge in [-0.2, -0.15) is 0 Å². The van der Waals surface area contributed by atoms with Crippen LogP contribution in [0.4, 0.5) is 4.39 Å². The van der Waals surface area contributed by atoms with Gasteiger partial charge in [0.1, 0.15) is 18.2 Å². The molecule has 0 aliphatic carbocycles. The van der Waals surface area contributed by atoms with Gasteiger partial charge in [0.05, 0.1) is 9.92 Å². The number of hydrogen-bond donors (Lipinski definition) is 0. The summed E-state index contributed by atoms with van der Waals surface area (Å²) in [6.45, 7) is -0.0737. The minimum absolute atomic E-state index is 0.0612. The van der Waals surface area contributed by atoms with Crippen LogP contribution >= 0.6 is 33.9 Å². The summed E-state index contributed by atoms with van der Waals surface area (Å²) >= 11 is 11.6. The van der Waals surface area contributed by atoms with Crippen LogP contribution in [0.5, 0.6) is 5.75 Å². The Hall–Kier alpha value is -1.01. The molecular weight excluding hydrogens is 362 g/mol. The van der Waals surface area contributed by atoms with Crippen molar-refractivity contribution in [3.8, 4) is 5.75 Å². The van der Waals surface area contributed by atoms with Gasteiger partial charge in [0.25, 0.3) is 9.05 Å². The summed E-state index contributed by atoms with van der Waals surface area (Å²) in [4.78, 5) is -0.140. The van der Waals surface area contributed by atoms with E-state index in [1.165, 1.54) is 30.3 Å². The first kappa shape index (κ1) is 16.4. The maximum absolute atomic E-state index is 13.6. The first-order valence-corrected chi connectivity index (χ1v) is 8.65. The molecule has 0 N–H and O–H groups in total. The highest BCUT2D eigenvalue weighted by molar-refractivity contribution is 8.13. The topological polar surface area (TPSA) is 43.4 Å². The number of halogens is 4. The molecule has 21 heavy (non-hydrogen) atoms. The van der Waals surface area contributed by atoms with Gasteiger partial charge in [-0.15, -0.1) is 0 Å². The predicted octanol–water partition coefficient (Wildman–Crippen LogP) is 4.64. The Morgan fingerprint density at radius 2 is 1.81 bits per heavy atom. The van der Waals surface area contributed by atoms with Gasteiger partial charge in [-0.3, -0.25) is 0 Å². The first-order chi connectivity index (χ1) is 9.77. The zero-order valence-corrected chi connectivity index (χ0v) is 13.4. The Balaban J connectivity index is 2.17. The van der Waals surface area contributed by atoms with E-state index in [4.69, 9.17) is 38.6 Å². The van der Waals surface area contributed by atoms with Crippen molar-refractivity contribution in [2.45, 2.75) is 11.5 Å². The molecule has 0 unspecified atom stereocenters. The van der Waals surface area contributed by atoms with Crippen molar-refractivity contribution in [3.05, 3.63) is 57.8 Å². The minimum atomic E-state index is -3.86. The predicted molar refractivity (Wildman–Crippen MR) is 80.2 cm³/mol. The lowest BCUT2D eigenvalue weighted by Gasteiger charge is -2.09. The molecule has 0 aliphatic heterocycles. The molecule has 0 saturated carbocycles. The van der Waals surface area contributed by atoms with Crippen molar-refractivity contribution in [3.63, 3.8) is 0 Å². The third-order valence-corrected chi connectivity index (χ3v) is 4.47. The molecule has 0 atom stereocenters. The molecule has 8 heteroatoms. The fourth-order valence-electron chi connectivity index (χ4n) is 1.54. The number of benzene rings is 2. The largest absolute Gasteiger partial charge is 0.487 e. The summed E-state index contributed by atoms with van der Waals surface area (Å²) in [5.74, 6) is -0.284. The van der Waals surface area contributed by atoms with E-state index in [9.17, 15) is 12.8 Å². The summed E-state index contributed by atoms with van der Waals surface area (Å²) < 4.78 is 41.3. The van der Waals surface area contributed by atoms with Crippen molar-refractivity contribution in [1.29, 1.82) is 0 Å². The molecule has 0 heterocycles. The highest BCUT2D eigenvalue weighted by atomic mass is 35.7. The Bertz CT molecular complexity index is 778. The molecule has 0 aliphatic rings. The molecule has 2 aromatic carbocycles. The molecule has 0 amide bonds. The summed E-state index contributed by atoms with van der Waals surface area (Å²) in [6.07, 6.45) is 0. The van der Waals surface area contributed by atoms with Gasteiger partial charge < -0.3 is 4.74 Å². The summed E-state index contributed by atoms with van der Waals surface area (Å²) in [5.41, 5.74) is 0.296. The van der Waals surface area contributed by atoms with Crippen LogP contribution in [-0.4, -0.2) is 8.42 Å². The molecule has 112 valence electrons. The number of hydrogen-bond acceptors (Lipinski definition) is 3. The van der Waals surface area contributed by atoms with Gasteiger partial charge in [0.2, 0.25) is 0 Å². The Kier molecular flexibility index (Phi) is 4.99. The fraction of sp³-hybridized carbons (Fsp3) is 0.0769. The second-order valence-corrected chi connectivity index (χ2v) is 7.46. The van der Waals surface area contributed by atoms with Crippen molar-refractivity contribution < 1.29 is 17.5 Å². The lowest BCUT2D eigenvalue weighted by Crippen LogP contribution is -1.99. The van der Waals surface area contributed by atoms with Gasteiger partial charge in [-0.05, 0) is 30.3 Å².